The molecule has 0 nitrogen and oxygen atoms in total. The van der Waals surface area contributed by atoms with Crippen LogP contribution in [0.2, 0.25) is 0 Å². The molecule has 0 bridgehead atoms. The molecule has 0 aliphatic heterocycles. The molecule has 10 aromatic rings. The molecule has 0 unspecified atom stereocenters. The maximum absolute atomic E-state index is 2.46. The van der Waals surface area contributed by atoms with E-state index in [1.807, 2.05) is 0 Å². The van der Waals surface area contributed by atoms with E-state index in [-0.39, 0.29) is 10.8 Å². The molecule has 10 aromatic carbocycles. The molecule has 4 aliphatic carbocycles. The molecule has 0 radical (unpaired) electrons. The van der Waals surface area contributed by atoms with Gasteiger partial charge >= 0.3 is 0 Å². The third-order valence-corrected chi connectivity index (χ3v) is 14.9. The fourth-order valence-electron chi connectivity index (χ4n) is 12.6. The lowest BCUT2D eigenvalue weighted by Crippen LogP contribution is -2.27. The zero-order valence-electron chi connectivity index (χ0n) is 35.0. The van der Waals surface area contributed by atoms with Crippen molar-refractivity contribution >= 4 is 21.5 Å². The summed E-state index contributed by atoms with van der Waals surface area (Å²) in [7, 11) is 0. The highest BCUT2D eigenvalue weighted by Crippen LogP contribution is 2.66. The summed E-state index contributed by atoms with van der Waals surface area (Å²) in [5.41, 5.74) is 25.0. The van der Waals surface area contributed by atoms with Crippen molar-refractivity contribution in [3.63, 3.8) is 0 Å². The zero-order valence-corrected chi connectivity index (χ0v) is 35.0. The van der Waals surface area contributed by atoms with Gasteiger partial charge in [-0.05, 0) is 147 Å². The van der Waals surface area contributed by atoms with Crippen LogP contribution in [-0.4, -0.2) is 0 Å². The first-order valence-electron chi connectivity index (χ1n) is 22.4. The van der Waals surface area contributed by atoms with Crippen LogP contribution < -0.4 is 0 Å². The van der Waals surface area contributed by atoms with Gasteiger partial charge in [0.15, 0.2) is 0 Å². The number of hydrogen-bond acceptors (Lipinski definition) is 0. The van der Waals surface area contributed by atoms with Crippen molar-refractivity contribution < 1.29 is 0 Å². The number of benzene rings is 10. The molecule has 14 rings (SSSR count). The molecular weight excluding hydrogens is 745 g/mol. The quantitative estimate of drug-likeness (QED) is 0.164. The second kappa shape index (κ2) is 13.1. The summed E-state index contributed by atoms with van der Waals surface area (Å²) >= 11 is 0. The summed E-state index contributed by atoms with van der Waals surface area (Å²) in [6.45, 7) is 4.58. The van der Waals surface area contributed by atoms with E-state index in [0.29, 0.717) is 0 Å². The number of aryl methyl sites for hydroxylation is 2. The number of fused-ring (bicyclic) bond motifs is 23. The lowest BCUT2D eigenvalue weighted by Gasteiger charge is -2.32. The van der Waals surface area contributed by atoms with E-state index in [4.69, 9.17) is 0 Å². The third kappa shape index (κ3) is 4.37. The predicted molar refractivity (Wildman–Crippen MR) is 259 cm³/mol. The summed E-state index contributed by atoms with van der Waals surface area (Å²) in [5.74, 6) is 0. The van der Waals surface area contributed by atoms with Gasteiger partial charge in [-0.1, -0.05) is 208 Å². The molecule has 0 heterocycles. The van der Waals surface area contributed by atoms with Gasteiger partial charge in [0.1, 0.15) is 0 Å². The van der Waals surface area contributed by atoms with Gasteiger partial charge in [0.25, 0.3) is 0 Å². The molecule has 62 heavy (non-hydrogen) atoms. The molecule has 292 valence electrons. The van der Waals surface area contributed by atoms with Gasteiger partial charge in [0, 0.05) is 0 Å². The SMILES string of the molecule is CCc1cccc2c1C1(c3ccccc3-c3ccccc31)c1cc3ccccc3cc1-2.CCc1cccc2c1C1(c3ccccc3-c3ccccc31)c1ccc3ccccc3c1-2. The predicted octanol–water partition coefficient (Wildman–Crippen LogP) is 15.5. The van der Waals surface area contributed by atoms with Crippen molar-refractivity contribution in [3.8, 4) is 44.5 Å². The van der Waals surface area contributed by atoms with Gasteiger partial charge in [0.05, 0.1) is 10.8 Å². The summed E-state index contributed by atoms with van der Waals surface area (Å²) < 4.78 is 0. The maximum atomic E-state index is 2.46. The minimum Gasteiger partial charge on any atom is -0.0619 e. The molecule has 2 spiro atoms. The Morgan fingerprint density at radius 2 is 0.710 bits per heavy atom. The Balaban J connectivity index is 0.000000126. The van der Waals surface area contributed by atoms with Crippen LogP contribution in [0.1, 0.15) is 69.5 Å². The van der Waals surface area contributed by atoms with Crippen LogP contribution in [0.3, 0.4) is 0 Å². The van der Waals surface area contributed by atoms with Crippen LogP contribution in [-0.2, 0) is 23.7 Å². The smallest absolute Gasteiger partial charge is 0.0619 e. The van der Waals surface area contributed by atoms with Crippen molar-refractivity contribution in [1.82, 2.24) is 0 Å². The molecule has 4 aliphatic rings. The van der Waals surface area contributed by atoms with E-state index < -0.39 is 0 Å². The summed E-state index contributed by atoms with van der Waals surface area (Å²) in [6.07, 6.45) is 2.06. The molecule has 0 heteroatoms. The Bertz CT molecular complexity index is 3320. The Morgan fingerprint density at radius 1 is 0.290 bits per heavy atom. The molecule has 0 aromatic heterocycles. The van der Waals surface area contributed by atoms with Crippen LogP contribution in [0.25, 0.3) is 66.1 Å². The van der Waals surface area contributed by atoms with Gasteiger partial charge in [0.2, 0.25) is 0 Å². The Labute approximate surface area is 363 Å². The highest BCUT2D eigenvalue weighted by Gasteiger charge is 2.54. The van der Waals surface area contributed by atoms with E-state index in [9.17, 15) is 0 Å². The summed E-state index contributed by atoms with van der Waals surface area (Å²) in [5, 5.41) is 5.29. The van der Waals surface area contributed by atoms with E-state index in [1.54, 1.807) is 0 Å². The first kappa shape index (κ1) is 35.5. The van der Waals surface area contributed by atoms with Crippen LogP contribution in [0.5, 0.6) is 0 Å². The summed E-state index contributed by atoms with van der Waals surface area (Å²) in [6, 6.07) is 77.2. The largest absolute Gasteiger partial charge is 0.0728 e. The highest BCUT2D eigenvalue weighted by atomic mass is 14.5. The van der Waals surface area contributed by atoms with E-state index in [0.717, 1.165) is 12.8 Å². The lowest BCUT2D eigenvalue weighted by molar-refractivity contribution is 0.779. The molecule has 0 N–H and O–H groups in total. The van der Waals surface area contributed by atoms with E-state index in [1.165, 1.54) is 122 Å². The van der Waals surface area contributed by atoms with Crippen LogP contribution >= 0.6 is 0 Å². The normalized spacial score (nSPS) is 14.4. The highest BCUT2D eigenvalue weighted by molar-refractivity contribution is 6.07. The third-order valence-electron chi connectivity index (χ3n) is 14.9. The Morgan fingerprint density at radius 3 is 1.26 bits per heavy atom. The first-order valence-corrected chi connectivity index (χ1v) is 22.4. The molecule has 0 atom stereocenters. The van der Waals surface area contributed by atoms with Crippen LogP contribution in [0.15, 0.2) is 206 Å². The fraction of sp³-hybridized carbons (Fsp3) is 0.0968. The molecule has 0 saturated heterocycles. The second-order valence-corrected chi connectivity index (χ2v) is 17.5. The van der Waals surface area contributed by atoms with E-state index in [2.05, 4.69) is 220 Å². The minimum absolute atomic E-state index is 0.242. The van der Waals surface area contributed by atoms with Crippen molar-refractivity contribution in [3.05, 3.63) is 262 Å². The van der Waals surface area contributed by atoms with E-state index >= 15 is 0 Å². The maximum Gasteiger partial charge on any atom is 0.0728 e. The number of hydrogen-bond donors (Lipinski definition) is 0. The standard InChI is InChI=1S/2C31H22/c1-2-20-11-9-15-25-29-22-12-4-3-10-21(22)18-19-28(29)31(30(20)25)26-16-7-5-13-23(26)24-14-6-8-17-27(24)31;1-2-20-12-9-15-25-26-18-21-10-3-4-11-22(21)19-29(26)31(30(20)25)27-16-7-5-13-23(27)24-14-6-8-17-28(24)31/h2*3-19H,2H2,1H3. The number of rotatable bonds is 2. The Kier molecular flexibility index (Phi) is 7.50. The van der Waals surface area contributed by atoms with Crippen molar-refractivity contribution in [2.24, 2.45) is 0 Å². The topological polar surface area (TPSA) is 0 Å². The van der Waals surface area contributed by atoms with Gasteiger partial charge in [-0.25, -0.2) is 0 Å². The van der Waals surface area contributed by atoms with Gasteiger partial charge in [-0.15, -0.1) is 0 Å². The van der Waals surface area contributed by atoms with Crippen LogP contribution in [0, 0.1) is 0 Å². The van der Waals surface area contributed by atoms with Gasteiger partial charge < -0.3 is 0 Å². The lowest BCUT2D eigenvalue weighted by atomic mass is 9.69. The average molecular weight is 789 g/mol. The van der Waals surface area contributed by atoms with Crippen LogP contribution in [0.4, 0.5) is 0 Å². The van der Waals surface area contributed by atoms with Crippen molar-refractivity contribution in [1.29, 1.82) is 0 Å². The van der Waals surface area contributed by atoms with Gasteiger partial charge in [-0.2, -0.15) is 0 Å². The average Bonchev–Trinajstić information content (AvgIpc) is 4.02. The van der Waals surface area contributed by atoms with Crippen molar-refractivity contribution in [2.45, 2.75) is 37.5 Å². The molecular formula is C62H44. The van der Waals surface area contributed by atoms with Crippen molar-refractivity contribution in [2.75, 3.05) is 0 Å². The van der Waals surface area contributed by atoms with Gasteiger partial charge in [-0.3, -0.25) is 0 Å². The Hall–Kier alpha value is -7.28. The fourth-order valence-corrected chi connectivity index (χ4v) is 12.6. The molecule has 0 fully saturated rings. The summed E-state index contributed by atoms with van der Waals surface area (Å²) in [4.78, 5) is 0. The first-order chi connectivity index (χ1) is 30.7. The second-order valence-electron chi connectivity index (χ2n) is 17.5. The monoisotopic (exact) mass is 788 g/mol. The minimum atomic E-state index is -0.242. The zero-order chi connectivity index (χ0) is 41.2. The molecule has 0 amide bonds. The molecule has 0 saturated carbocycles.